The molecule has 2 aromatic carbocycles. The Labute approximate surface area is 228 Å². The van der Waals surface area contributed by atoms with E-state index in [-0.39, 0.29) is 43.8 Å². The molecule has 0 heterocycles. The standard InChI is InChI=1S/C28H39N5O6/c1-18(2)14-23(26(30)36)33-28(38)24(16-19-6-4-3-5-7-19)32-25(35)17-39-13-12-31-27(37)22(29)15-20-8-10-21(34)11-9-20/h3-11,18,22-24,34H,12-17,29H2,1-2H3,(H2,30,36)(H,31,37)(H,32,35)(H,33,38)/t22-,23-,24-/m0/s1. The van der Waals surface area contributed by atoms with E-state index in [1.165, 1.54) is 12.1 Å². The molecule has 0 fully saturated rings. The van der Waals surface area contributed by atoms with Gasteiger partial charge in [-0.05, 0) is 42.0 Å². The van der Waals surface area contributed by atoms with E-state index in [4.69, 9.17) is 16.2 Å². The molecule has 0 spiro atoms. The van der Waals surface area contributed by atoms with Crippen LogP contribution in [0.4, 0.5) is 0 Å². The summed E-state index contributed by atoms with van der Waals surface area (Å²) in [5.74, 6) is -1.81. The van der Waals surface area contributed by atoms with Gasteiger partial charge in [0, 0.05) is 13.0 Å². The monoisotopic (exact) mass is 541 g/mol. The smallest absolute Gasteiger partial charge is 0.246 e. The lowest BCUT2D eigenvalue weighted by molar-refractivity contribution is -0.133. The number of primary amides is 1. The van der Waals surface area contributed by atoms with E-state index in [9.17, 15) is 24.3 Å². The predicted octanol–water partition coefficient (Wildman–Crippen LogP) is 0.139. The first-order valence-electron chi connectivity index (χ1n) is 12.9. The summed E-state index contributed by atoms with van der Waals surface area (Å²) >= 11 is 0. The molecule has 39 heavy (non-hydrogen) atoms. The number of carbonyl (C=O) groups excluding carboxylic acids is 4. The van der Waals surface area contributed by atoms with Crippen LogP contribution in [0, 0.1) is 5.92 Å². The Kier molecular flexibility index (Phi) is 12.9. The Bertz CT molecular complexity index is 1080. The molecule has 0 aliphatic rings. The molecular formula is C28H39N5O6. The fourth-order valence-electron chi connectivity index (χ4n) is 3.81. The van der Waals surface area contributed by atoms with Crippen molar-refractivity contribution in [1.82, 2.24) is 16.0 Å². The fraction of sp³-hybridized carbons (Fsp3) is 0.429. The maximum atomic E-state index is 13.0. The van der Waals surface area contributed by atoms with Gasteiger partial charge in [-0.25, -0.2) is 0 Å². The molecule has 4 amide bonds. The van der Waals surface area contributed by atoms with Gasteiger partial charge in [-0.2, -0.15) is 0 Å². The van der Waals surface area contributed by atoms with Gasteiger partial charge in [0.25, 0.3) is 0 Å². The molecule has 8 N–H and O–H groups in total. The van der Waals surface area contributed by atoms with Crippen molar-refractivity contribution in [2.24, 2.45) is 17.4 Å². The van der Waals surface area contributed by atoms with Crippen LogP contribution in [0.25, 0.3) is 0 Å². The van der Waals surface area contributed by atoms with Crippen molar-refractivity contribution in [1.29, 1.82) is 0 Å². The number of nitrogens with two attached hydrogens (primary N) is 2. The van der Waals surface area contributed by atoms with Crippen LogP contribution in [0.2, 0.25) is 0 Å². The third kappa shape index (κ3) is 12.0. The summed E-state index contributed by atoms with van der Waals surface area (Å²) in [5.41, 5.74) is 13.0. The number of ether oxygens (including phenoxy) is 1. The first kappa shape index (κ1) is 31.3. The highest BCUT2D eigenvalue weighted by Crippen LogP contribution is 2.11. The SMILES string of the molecule is CC(C)C[C@H](NC(=O)[C@H](Cc1ccccc1)NC(=O)COCCNC(=O)[C@@H](N)Cc1ccc(O)cc1)C(N)=O. The van der Waals surface area contributed by atoms with E-state index >= 15 is 0 Å². The molecule has 3 atom stereocenters. The first-order chi connectivity index (χ1) is 18.5. The fourth-order valence-corrected chi connectivity index (χ4v) is 3.81. The number of nitrogens with one attached hydrogen (secondary N) is 3. The highest BCUT2D eigenvalue weighted by Gasteiger charge is 2.26. The van der Waals surface area contributed by atoms with Crippen LogP contribution in [-0.2, 0) is 36.8 Å². The molecule has 0 saturated carbocycles. The summed E-state index contributed by atoms with van der Waals surface area (Å²) in [6.07, 6.45) is 0.884. The molecule has 2 rings (SSSR count). The summed E-state index contributed by atoms with van der Waals surface area (Å²) in [4.78, 5) is 49.6. The van der Waals surface area contributed by atoms with Crippen LogP contribution in [0.3, 0.4) is 0 Å². The van der Waals surface area contributed by atoms with Gasteiger partial charge in [0.05, 0.1) is 12.6 Å². The Hall–Kier alpha value is -3.96. The molecule has 0 aliphatic heterocycles. The largest absolute Gasteiger partial charge is 0.508 e. The third-order valence-corrected chi connectivity index (χ3v) is 5.81. The zero-order chi connectivity index (χ0) is 28.8. The highest BCUT2D eigenvalue weighted by atomic mass is 16.5. The molecule has 0 saturated heterocycles. The van der Waals surface area contributed by atoms with Crippen LogP contribution in [-0.4, -0.2) is 66.6 Å². The minimum Gasteiger partial charge on any atom is -0.508 e. The van der Waals surface area contributed by atoms with E-state index in [0.29, 0.717) is 12.8 Å². The average Bonchev–Trinajstić information content (AvgIpc) is 2.89. The molecule has 2 aromatic rings. The lowest BCUT2D eigenvalue weighted by Crippen LogP contribution is -2.54. The molecule has 0 aliphatic carbocycles. The van der Waals surface area contributed by atoms with Crippen molar-refractivity contribution >= 4 is 23.6 Å². The second kappa shape index (κ2) is 16.1. The molecule has 212 valence electrons. The summed E-state index contributed by atoms with van der Waals surface area (Å²) in [5, 5.41) is 17.3. The van der Waals surface area contributed by atoms with Gasteiger partial charge in [0.2, 0.25) is 23.6 Å². The average molecular weight is 542 g/mol. The van der Waals surface area contributed by atoms with Crippen molar-refractivity contribution in [2.75, 3.05) is 19.8 Å². The molecule has 0 aromatic heterocycles. The van der Waals surface area contributed by atoms with Crippen LogP contribution < -0.4 is 27.4 Å². The number of carbonyl (C=O) groups is 4. The van der Waals surface area contributed by atoms with Gasteiger partial charge in [0.15, 0.2) is 0 Å². The van der Waals surface area contributed by atoms with E-state index < -0.39 is 35.8 Å². The van der Waals surface area contributed by atoms with Gasteiger partial charge < -0.3 is 37.3 Å². The normalized spacial score (nSPS) is 13.2. The van der Waals surface area contributed by atoms with Gasteiger partial charge >= 0.3 is 0 Å². The number of rotatable bonds is 16. The highest BCUT2D eigenvalue weighted by molar-refractivity contribution is 5.92. The summed E-state index contributed by atoms with van der Waals surface area (Å²) in [7, 11) is 0. The van der Waals surface area contributed by atoms with Gasteiger partial charge in [-0.3, -0.25) is 19.2 Å². The Morgan fingerprint density at radius 3 is 2.13 bits per heavy atom. The van der Waals surface area contributed by atoms with E-state index in [1.807, 2.05) is 44.2 Å². The number of phenolic OH excluding ortho intramolecular Hbond substituents is 1. The van der Waals surface area contributed by atoms with Crippen molar-refractivity contribution in [3.63, 3.8) is 0 Å². The lowest BCUT2D eigenvalue weighted by atomic mass is 10.0. The maximum absolute atomic E-state index is 13.0. The number of hydrogen-bond acceptors (Lipinski definition) is 7. The Balaban J connectivity index is 1.82. The van der Waals surface area contributed by atoms with Crippen LogP contribution in [0.5, 0.6) is 5.75 Å². The molecule has 0 bridgehead atoms. The second-order valence-corrected chi connectivity index (χ2v) is 9.72. The molecular weight excluding hydrogens is 502 g/mol. The summed E-state index contributed by atoms with van der Waals surface area (Å²) in [6.45, 7) is 3.68. The maximum Gasteiger partial charge on any atom is 0.246 e. The van der Waals surface area contributed by atoms with Crippen molar-refractivity contribution in [2.45, 2.75) is 51.2 Å². The van der Waals surface area contributed by atoms with Crippen molar-refractivity contribution in [3.05, 3.63) is 65.7 Å². The Morgan fingerprint density at radius 1 is 0.872 bits per heavy atom. The molecule has 0 unspecified atom stereocenters. The Morgan fingerprint density at radius 2 is 1.51 bits per heavy atom. The van der Waals surface area contributed by atoms with Gasteiger partial charge in [-0.1, -0.05) is 56.3 Å². The molecule has 0 radical (unpaired) electrons. The van der Waals surface area contributed by atoms with Crippen LogP contribution >= 0.6 is 0 Å². The number of phenols is 1. The third-order valence-electron chi connectivity index (χ3n) is 5.81. The zero-order valence-corrected chi connectivity index (χ0v) is 22.4. The minimum atomic E-state index is -0.949. The van der Waals surface area contributed by atoms with Gasteiger partial charge in [0.1, 0.15) is 24.4 Å². The zero-order valence-electron chi connectivity index (χ0n) is 22.4. The number of benzene rings is 2. The first-order valence-corrected chi connectivity index (χ1v) is 12.9. The lowest BCUT2D eigenvalue weighted by Gasteiger charge is -2.23. The van der Waals surface area contributed by atoms with Gasteiger partial charge in [-0.15, -0.1) is 0 Å². The second-order valence-electron chi connectivity index (χ2n) is 9.72. The van der Waals surface area contributed by atoms with E-state index in [2.05, 4.69) is 16.0 Å². The summed E-state index contributed by atoms with van der Waals surface area (Å²) in [6, 6.07) is 13.0. The molecule has 11 heteroatoms. The van der Waals surface area contributed by atoms with E-state index in [0.717, 1.165) is 11.1 Å². The predicted molar refractivity (Wildman–Crippen MR) is 146 cm³/mol. The summed E-state index contributed by atoms with van der Waals surface area (Å²) < 4.78 is 5.36. The minimum absolute atomic E-state index is 0.0543. The van der Waals surface area contributed by atoms with Crippen molar-refractivity contribution in [3.8, 4) is 5.75 Å². The number of hydrogen-bond donors (Lipinski definition) is 6. The van der Waals surface area contributed by atoms with Crippen LogP contribution in [0.1, 0.15) is 31.4 Å². The topological polar surface area (TPSA) is 186 Å². The van der Waals surface area contributed by atoms with E-state index in [1.54, 1.807) is 12.1 Å². The number of aromatic hydroxyl groups is 1. The quantitative estimate of drug-likeness (QED) is 0.163. The molecule has 11 nitrogen and oxygen atoms in total. The van der Waals surface area contributed by atoms with Crippen LogP contribution in [0.15, 0.2) is 54.6 Å². The van der Waals surface area contributed by atoms with Crippen molar-refractivity contribution < 1.29 is 29.0 Å². The number of amides is 4.